The molecule has 15 heavy (non-hydrogen) atoms. The predicted octanol–water partition coefficient (Wildman–Crippen LogP) is 3.21. The molecule has 0 radical (unpaired) electrons. The van der Waals surface area contributed by atoms with Gasteiger partial charge in [0, 0.05) is 6.04 Å². The first-order chi connectivity index (χ1) is 7.13. The number of aryl methyl sites for hydroxylation is 1. The van der Waals surface area contributed by atoms with Crippen molar-refractivity contribution in [2.75, 3.05) is 0 Å². The first kappa shape index (κ1) is 12.2. The van der Waals surface area contributed by atoms with E-state index < -0.39 is 0 Å². The van der Waals surface area contributed by atoms with Gasteiger partial charge in [0.1, 0.15) is 5.76 Å². The lowest BCUT2D eigenvalue weighted by atomic mass is 10.1. The zero-order chi connectivity index (χ0) is 11.3. The predicted molar refractivity (Wildman–Crippen MR) is 61.8 cm³/mol. The number of hydrogen-bond acceptors (Lipinski definition) is 3. The molecule has 2 unspecified atom stereocenters. The van der Waals surface area contributed by atoms with Crippen molar-refractivity contribution >= 4 is 0 Å². The number of oxazole rings is 1. The van der Waals surface area contributed by atoms with Gasteiger partial charge in [0.2, 0.25) is 5.89 Å². The largest absolute Gasteiger partial charge is 0.444 e. The smallest absolute Gasteiger partial charge is 0.211 e. The Bertz CT molecular complexity index is 283. The van der Waals surface area contributed by atoms with Gasteiger partial charge in [-0.3, -0.25) is 0 Å². The molecule has 86 valence electrons. The number of hydrogen-bond donors (Lipinski definition) is 1. The van der Waals surface area contributed by atoms with E-state index in [1.54, 1.807) is 6.20 Å². The first-order valence-corrected chi connectivity index (χ1v) is 5.81. The SMILES string of the molecule is CCCCC(C)NC(C)c1ncc(C)o1. The lowest BCUT2D eigenvalue weighted by Crippen LogP contribution is -2.28. The number of aromatic nitrogens is 1. The molecule has 0 saturated heterocycles. The van der Waals surface area contributed by atoms with Crippen molar-refractivity contribution in [3.05, 3.63) is 17.8 Å². The molecule has 0 bridgehead atoms. The number of unbranched alkanes of at least 4 members (excludes halogenated alkanes) is 1. The summed E-state index contributed by atoms with van der Waals surface area (Å²) in [4.78, 5) is 4.22. The summed E-state index contributed by atoms with van der Waals surface area (Å²) in [6, 6.07) is 0.720. The fraction of sp³-hybridized carbons (Fsp3) is 0.750. The van der Waals surface area contributed by atoms with Crippen molar-refractivity contribution in [3.63, 3.8) is 0 Å². The Morgan fingerprint density at radius 1 is 1.47 bits per heavy atom. The van der Waals surface area contributed by atoms with Gasteiger partial charge in [-0.25, -0.2) is 4.98 Å². The third-order valence-corrected chi connectivity index (χ3v) is 2.53. The summed E-state index contributed by atoms with van der Waals surface area (Å²) in [5.74, 6) is 1.66. The molecule has 1 heterocycles. The summed E-state index contributed by atoms with van der Waals surface area (Å²) >= 11 is 0. The van der Waals surface area contributed by atoms with E-state index in [4.69, 9.17) is 4.42 Å². The molecule has 2 atom stereocenters. The van der Waals surface area contributed by atoms with Gasteiger partial charge in [0.05, 0.1) is 12.2 Å². The van der Waals surface area contributed by atoms with Gasteiger partial charge >= 0.3 is 0 Å². The van der Waals surface area contributed by atoms with Crippen LogP contribution in [0.15, 0.2) is 10.6 Å². The highest BCUT2D eigenvalue weighted by Gasteiger charge is 2.13. The number of nitrogens with zero attached hydrogens (tertiary/aromatic N) is 1. The molecular weight excluding hydrogens is 188 g/mol. The molecule has 0 amide bonds. The molecule has 0 aliphatic carbocycles. The molecule has 3 heteroatoms. The lowest BCUT2D eigenvalue weighted by molar-refractivity contribution is 0.366. The molecule has 0 aromatic carbocycles. The minimum atomic E-state index is 0.200. The van der Waals surface area contributed by atoms with Crippen LogP contribution < -0.4 is 5.32 Å². The Balaban J connectivity index is 2.38. The Hall–Kier alpha value is -0.830. The van der Waals surface area contributed by atoms with Crippen molar-refractivity contribution in [3.8, 4) is 0 Å². The van der Waals surface area contributed by atoms with Crippen LogP contribution in [0.5, 0.6) is 0 Å². The van der Waals surface area contributed by atoms with Gasteiger partial charge in [-0.05, 0) is 27.2 Å². The highest BCUT2D eigenvalue weighted by Crippen LogP contribution is 2.13. The fourth-order valence-electron chi connectivity index (χ4n) is 1.66. The van der Waals surface area contributed by atoms with Crippen molar-refractivity contribution in [2.45, 2.75) is 59.0 Å². The van der Waals surface area contributed by atoms with Gasteiger partial charge in [-0.1, -0.05) is 19.8 Å². The zero-order valence-corrected chi connectivity index (χ0v) is 10.2. The maximum Gasteiger partial charge on any atom is 0.211 e. The summed E-state index contributed by atoms with van der Waals surface area (Å²) < 4.78 is 5.48. The Morgan fingerprint density at radius 3 is 2.73 bits per heavy atom. The second kappa shape index (κ2) is 5.91. The molecule has 0 aliphatic rings. The first-order valence-electron chi connectivity index (χ1n) is 5.81. The van der Waals surface area contributed by atoms with Gasteiger partial charge < -0.3 is 9.73 Å². The third-order valence-electron chi connectivity index (χ3n) is 2.53. The van der Waals surface area contributed by atoms with Gasteiger partial charge in [-0.2, -0.15) is 0 Å². The second-order valence-electron chi connectivity index (χ2n) is 4.24. The summed E-state index contributed by atoms with van der Waals surface area (Å²) in [5, 5.41) is 3.49. The minimum absolute atomic E-state index is 0.200. The standard InChI is InChI=1S/C12H22N2O/c1-5-6-7-9(2)14-11(4)12-13-8-10(3)15-12/h8-9,11,14H,5-7H2,1-4H3. The molecule has 0 saturated carbocycles. The van der Waals surface area contributed by atoms with Crippen LogP contribution in [0.3, 0.4) is 0 Å². The topological polar surface area (TPSA) is 38.1 Å². The second-order valence-corrected chi connectivity index (χ2v) is 4.24. The van der Waals surface area contributed by atoms with E-state index in [-0.39, 0.29) is 6.04 Å². The van der Waals surface area contributed by atoms with Crippen LogP contribution in [0.1, 0.15) is 57.7 Å². The van der Waals surface area contributed by atoms with Crippen LogP contribution in [0.4, 0.5) is 0 Å². The van der Waals surface area contributed by atoms with E-state index in [0.29, 0.717) is 6.04 Å². The molecule has 0 spiro atoms. The van der Waals surface area contributed by atoms with E-state index in [0.717, 1.165) is 11.7 Å². The van der Waals surface area contributed by atoms with E-state index in [1.807, 2.05) is 6.92 Å². The summed E-state index contributed by atoms with van der Waals surface area (Å²) in [6.45, 7) is 8.44. The molecule has 0 aliphatic heterocycles. The maximum absolute atomic E-state index is 5.48. The molecule has 3 nitrogen and oxygen atoms in total. The van der Waals surface area contributed by atoms with Crippen molar-refractivity contribution in [1.29, 1.82) is 0 Å². The fourth-order valence-corrected chi connectivity index (χ4v) is 1.66. The highest BCUT2D eigenvalue weighted by molar-refractivity contribution is 4.95. The highest BCUT2D eigenvalue weighted by atomic mass is 16.4. The third kappa shape index (κ3) is 4.04. The summed E-state index contributed by atoms with van der Waals surface area (Å²) in [7, 11) is 0. The van der Waals surface area contributed by atoms with Crippen LogP contribution in [0.25, 0.3) is 0 Å². The minimum Gasteiger partial charge on any atom is -0.444 e. The molecule has 1 rings (SSSR count). The van der Waals surface area contributed by atoms with E-state index in [1.165, 1.54) is 19.3 Å². The quantitative estimate of drug-likeness (QED) is 0.783. The van der Waals surface area contributed by atoms with Crippen molar-refractivity contribution in [1.82, 2.24) is 10.3 Å². The zero-order valence-electron chi connectivity index (χ0n) is 10.2. The average Bonchev–Trinajstić information content (AvgIpc) is 2.61. The van der Waals surface area contributed by atoms with Crippen LogP contribution in [-0.2, 0) is 0 Å². The lowest BCUT2D eigenvalue weighted by Gasteiger charge is -2.17. The number of rotatable bonds is 6. The number of nitrogens with one attached hydrogen (secondary N) is 1. The summed E-state index contributed by atoms with van der Waals surface area (Å²) in [6.07, 6.45) is 5.49. The van der Waals surface area contributed by atoms with Gasteiger partial charge in [0.15, 0.2) is 0 Å². The van der Waals surface area contributed by atoms with Crippen LogP contribution >= 0.6 is 0 Å². The Morgan fingerprint density at radius 2 is 2.20 bits per heavy atom. The van der Waals surface area contributed by atoms with Gasteiger partial charge in [0.25, 0.3) is 0 Å². The summed E-state index contributed by atoms with van der Waals surface area (Å²) in [5.41, 5.74) is 0. The van der Waals surface area contributed by atoms with Crippen LogP contribution in [0.2, 0.25) is 0 Å². The monoisotopic (exact) mass is 210 g/mol. The van der Waals surface area contributed by atoms with Crippen molar-refractivity contribution < 1.29 is 4.42 Å². The normalized spacial score (nSPS) is 15.2. The molecule has 1 N–H and O–H groups in total. The Labute approximate surface area is 92.3 Å². The van der Waals surface area contributed by atoms with E-state index >= 15 is 0 Å². The molecular formula is C12H22N2O. The molecule has 1 aromatic heterocycles. The molecule has 0 fully saturated rings. The van der Waals surface area contributed by atoms with Crippen molar-refractivity contribution in [2.24, 2.45) is 0 Å². The van der Waals surface area contributed by atoms with Crippen LogP contribution in [-0.4, -0.2) is 11.0 Å². The average molecular weight is 210 g/mol. The van der Waals surface area contributed by atoms with Crippen LogP contribution in [0, 0.1) is 6.92 Å². The van der Waals surface area contributed by atoms with E-state index in [9.17, 15) is 0 Å². The maximum atomic E-state index is 5.48. The van der Waals surface area contributed by atoms with E-state index in [2.05, 4.69) is 31.1 Å². The Kier molecular flexibility index (Phi) is 4.82. The van der Waals surface area contributed by atoms with Gasteiger partial charge in [-0.15, -0.1) is 0 Å². The molecule has 1 aromatic rings.